The van der Waals surface area contributed by atoms with Crippen LogP contribution in [0.4, 0.5) is 0 Å². The van der Waals surface area contributed by atoms with Crippen LogP contribution in [0.5, 0.6) is 0 Å². The monoisotopic (exact) mass is 334 g/mol. The first-order valence-electron chi connectivity index (χ1n) is 7.93. The lowest BCUT2D eigenvalue weighted by atomic mass is 10.0. The Hall–Kier alpha value is -2.41. The van der Waals surface area contributed by atoms with Gasteiger partial charge in [0.1, 0.15) is 0 Å². The van der Waals surface area contributed by atoms with Gasteiger partial charge in [0.15, 0.2) is 11.7 Å². The minimum Gasteiger partial charge on any atom is -0.370 e. The van der Waals surface area contributed by atoms with Gasteiger partial charge in [0.05, 0.1) is 6.04 Å². The molecule has 0 aliphatic carbocycles. The highest BCUT2D eigenvalue weighted by Crippen LogP contribution is 2.08. The van der Waals surface area contributed by atoms with E-state index in [-0.39, 0.29) is 23.7 Å². The average Bonchev–Trinajstić information content (AvgIpc) is 2.55. The van der Waals surface area contributed by atoms with E-state index in [1.165, 1.54) is 4.90 Å². The number of Topliss-reactive ketones (excluding diaryl/α,β-unsaturated/α-hetero) is 1. The molecule has 1 aromatic rings. The highest BCUT2D eigenvalue weighted by Gasteiger charge is 2.19. The topological polar surface area (TPSA) is 112 Å². The summed E-state index contributed by atoms with van der Waals surface area (Å²) in [5.41, 5.74) is 10.8. The van der Waals surface area contributed by atoms with Crippen LogP contribution in [0.25, 0.3) is 0 Å². The highest BCUT2D eigenvalue weighted by atomic mass is 16.1. The molecule has 0 saturated carbocycles. The fraction of sp³-hybridized carbons (Fsp3) is 0.471. The Kier molecular flexibility index (Phi) is 10.1. The van der Waals surface area contributed by atoms with Crippen molar-refractivity contribution in [2.45, 2.75) is 26.8 Å². The molecule has 0 aliphatic rings. The summed E-state index contributed by atoms with van der Waals surface area (Å²) >= 11 is 0. The minimum absolute atomic E-state index is 0.0256. The lowest BCUT2D eigenvalue weighted by molar-refractivity contribution is 0.0851. The number of rotatable bonds is 5. The van der Waals surface area contributed by atoms with Crippen LogP contribution in [-0.2, 0) is 0 Å². The average molecular weight is 334 g/mol. The van der Waals surface area contributed by atoms with Crippen molar-refractivity contribution in [2.24, 2.45) is 16.5 Å². The third kappa shape index (κ3) is 7.73. The molecule has 0 radical (unpaired) electrons. The number of aliphatic imine (C=N–C) groups is 1. The Morgan fingerprint density at radius 3 is 2.00 bits per heavy atom. The van der Waals surface area contributed by atoms with E-state index < -0.39 is 0 Å². The standard InChI is InChI=1S/C13H19NO.C4H11N5/c1-4-14(5-2)11(3)13(15)12-9-7-6-8-10-12;1-9(2)4(7)8-3(5)6/h6-11H,4-5H2,1-3H3;1-2H3,(H5,5,6,7,8). The maximum Gasteiger partial charge on any atom is 0.220 e. The van der Waals surface area contributed by atoms with Gasteiger partial charge in [0, 0.05) is 19.7 Å². The highest BCUT2D eigenvalue weighted by molar-refractivity contribution is 5.99. The third-order valence-electron chi connectivity index (χ3n) is 3.46. The van der Waals surface area contributed by atoms with Crippen LogP contribution in [0.2, 0.25) is 0 Å². The summed E-state index contributed by atoms with van der Waals surface area (Å²) in [5.74, 6) is 0.169. The first kappa shape index (κ1) is 21.6. The van der Waals surface area contributed by atoms with Gasteiger partial charge in [-0.3, -0.25) is 15.1 Å². The van der Waals surface area contributed by atoms with Gasteiger partial charge < -0.3 is 16.4 Å². The van der Waals surface area contributed by atoms with Crippen LogP contribution < -0.4 is 11.5 Å². The molecule has 1 unspecified atom stereocenters. The van der Waals surface area contributed by atoms with Crippen LogP contribution >= 0.6 is 0 Å². The number of hydrogen-bond acceptors (Lipinski definition) is 3. The van der Waals surface area contributed by atoms with Crippen LogP contribution in [-0.4, -0.2) is 60.7 Å². The molecular weight excluding hydrogens is 304 g/mol. The zero-order valence-electron chi connectivity index (χ0n) is 15.3. The van der Waals surface area contributed by atoms with Crippen LogP contribution in [0.15, 0.2) is 35.3 Å². The normalized spacial score (nSPS) is 11.1. The molecule has 5 N–H and O–H groups in total. The second kappa shape index (κ2) is 11.2. The van der Waals surface area contributed by atoms with Crippen molar-refractivity contribution in [3.05, 3.63) is 35.9 Å². The number of benzene rings is 1. The molecule has 0 amide bonds. The Labute approximate surface area is 144 Å². The lowest BCUT2D eigenvalue weighted by Crippen LogP contribution is -2.38. The van der Waals surface area contributed by atoms with Gasteiger partial charge >= 0.3 is 0 Å². The molecule has 134 valence electrons. The molecule has 0 spiro atoms. The largest absolute Gasteiger partial charge is 0.370 e. The number of guanidine groups is 2. The van der Waals surface area contributed by atoms with Gasteiger partial charge in [-0.2, -0.15) is 4.99 Å². The molecule has 1 atom stereocenters. The maximum absolute atomic E-state index is 12.1. The quantitative estimate of drug-likeness (QED) is 0.427. The molecule has 0 saturated heterocycles. The summed E-state index contributed by atoms with van der Waals surface area (Å²) in [6, 6.07) is 9.47. The third-order valence-corrected chi connectivity index (χ3v) is 3.46. The van der Waals surface area contributed by atoms with Crippen molar-refractivity contribution in [1.29, 1.82) is 5.41 Å². The fourth-order valence-corrected chi connectivity index (χ4v) is 2.00. The molecule has 0 bridgehead atoms. The van der Waals surface area contributed by atoms with Crippen molar-refractivity contribution in [3.63, 3.8) is 0 Å². The summed E-state index contributed by atoms with van der Waals surface area (Å²) in [4.78, 5) is 19.2. The zero-order chi connectivity index (χ0) is 18.7. The number of nitrogens with one attached hydrogen (secondary N) is 1. The SMILES string of the molecule is CCN(CC)C(C)C(=O)c1ccccc1.CN(C)C(=N)N=C(N)N. The van der Waals surface area contributed by atoms with Crippen molar-refractivity contribution in [1.82, 2.24) is 9.80 Å². The lowest BCUT2D eigenvalue weighted by Gasteiger charge is -2.25. The smallest absolute Gasteiger partial charge is 0.220 e. The first-order chi connectivity index (χ1) is 11.2. The molecule has 24 heavy (non-hydrogen) atoms. The summed E-state index contributed by atoms with van der Waals surface area (Å²) in [7, 11) is 3.38. The van der Waals surface area contributed by atoms with Crippen molar-refractivity contribution < 1.29 is 4.79 Å². The molecule has 0 aliphatic heterocycles. The Morgan fingerprint density at radius 1 is 1.17 bits per heavy atom. The van der Waals surface area contributed by atoms with Gasteiger partial charge in [-0.05, 0) is 20.0 Å². The van der Waals surface area contributed by atoms with Crippen LogP contribution in [0.3, 0.4) is 0 Å². The number of carbonyl (C=O) groups excluding carboxylic acids is 1. The molecule has 1 aromatic carbocycles. The van der Waals surface area contributed by atoms with E-state index in [1.807, 2.05) is 37.3 Å². The first-order valence-corrected chi connectivity index (χ1v) is 7.93. The number of carbonyl (C=O) groups is 1. The molecule has 7 nitrogen and oxygen atoms in total. The van der Waals surface area contributed by atoms with E-state index in [0.29, 0.717) is 0 Å². The number of nitrogens with two attached hydrogens (primary N) is 2. The maximum atomic E-state index is 12.1. The summed E-state index contributed by atoms with van der Waals surface area (Å²) in [5, 5.41) is 7.05. The predicted molar refractivity (Wildman–Crippen MR) is 100 cm³/mol. The zero-order valence-corrected chi connectivity index (χ0v) is 15.3. The van der Waals surface area contributed by atoms with Gasteiger partial charge in [-0.1, -0.05) is 44.2 Å². The van der Waals surface area contributed by atoms with E-state index in [0.717, 1.165) is 18.7 Å². The number of hydrogen-bond donors (Lipinski definition) is 3. The van der Waals surface area contributed by atoms with Gasteiger partial charge in [0.2, 0.25) is 5.96 Å². The fourth-order valence-electron chi connectivity index (χ4n) is 2.00. The van der Waals surface area contributed by atoms with Gasteiger partial charge in [-0.15, -0.1) is 0 Å². The van der Waals surface area contributed by atoms with Gasteiger partial charge in [-0.25, -0.2) is 0 Å². The number of nitrogens with zero attached hydrogens (tertiary/aromatic N) is 3. The number of ketones is 1. The molecule has 0 aromatic heterocycles. The molecular formula is C17H30N6O. The van der Waals surface area contributed by atoms with Crippen molar-refractivity contribution >= 4 is 17.7 Å². The Bertz CT molecular complexity index is 533. The van der Waals surface area contributed by atoms with E-state index in [4.69, 9.17) is 16.9 Å². The summed E-state index contributed by atoms with van der Waals surface area (Å²) in [6.45, 7) is 7.96. The second-order valence-corrected chi connectivity index (χ2v) is 5.38. The molecule has 0 heterocycles. The van der Waals surface area contributed by atoms with Crippen molar-refractivity contribution in [3.8, 4) is 0 Å². The van der Waals surface area contributed by atoms with E-state index in [2.05, 4.69) is 23.7 Å². The number of likely N-dealkylation sites (N-methyl/N-ethyl adjacent to an activating group) is 1. The van der Waals surface area contributed by atoms with E-state index in [1.54, 1.807) is 14.1 Å². The predicted octanol–water partition coefficient (Wildman–Crippen LogP) is 1.36. The summed E-state index contributed by atoms with van der Waals surface area (Å²) in [6.07, 6.45) is 0. The van der Waals surface area contributed by atoms with Crippen molar-refractivity contribution in [2.75, 3.05) is 27.2 Å². The molecule has 0 fully saturated rings. The Balaban J connectivity index is 0.000000506. The van der Waals surface area contributed by atoms with E-state index >= 15 is 0 Å². The van der Waals surface area contributed by atoms with Gasteiger partial charge in [0.25, 0.3) is 0 Å². The Morgan fingerprint density at radius 2 is 1.67 bits per heavy atom. The second-order valence-electron chi connectivity index (χ2n) is 5.38. The van der Waals surface area contributed by atoms with Crippen LogP contribution in [0, 0.1) is 5.41 Å². The molecule has 7 heteroatoms. The summed E-state index contributed by atoms with van der Waals surface area (Å²) < 4.78 is 0. The molecule has 1 rings (SSSR count). The van der Waals surface area contributed by atoms with E-state index in [9.17, 15) is 4.79 Å². The minimum atomic E-state index is -0.0892. The van der Waals surface area contributed by atoms with Crippen LogP contribution in [0.1, 0.15) is 31.1 Å².